The number of unbranched alkanes of at least 4 members (excludes halogenated alkanes) is 1. The molecule has 0 fully saturated rings. The van der Waals surface area contributed by atoms with Gasteiger partial charge in [0.2, 0.25) is 5.91 Å². The van der Waals surface area contributed by atoms with Crippen molar-refractivity contribution in [3.05, 3.63) is 52.3 Å². The molecule has 3 rings (SSSR count). The molecule has 0 radical (unpaired) electrons. The summed E-state index contributed by atoms with van der Waals surface area (Å²) < 4.78 is 6.53. The summed E-state index contributed by atoms with van der Waals surface area (Å²) in [6, 6.07) is 5.80. The Morgan fingerprint density at radius 1 is 1.23 bits per heavy atom. The largest absolute Gasteiger partial charge is 0.462 e. The number of benzene rings is 1. The zero-order valence-corrected chi connectivity index (χ0v) is 17.3. The number of esters is 1. The van der Waals surface area contributed by atoms with Crippen molar-refractivity contribution in [3.63, 3.8) is 0 Å². The normalized spacial score (nSPS) is 12.0. The predicted octanol–water partition coefficient (Wildman–Crippen LogP) is 2.84. The molecule has 2 N–H and O–H groups in total. The van der Waals surface area contributed by atoms with Crippen molar-refractivity contribution in [2.24, 2.45) is 0 Å². The average Bonchev–Trinajstić information content (AvgIpc) is 3.16. The second-order valence-electron chi connectivity index (χ2n) is 6.90. The van der Waals surface area contributed by atoms with Gasteiger partial charge in [-0.3, -0.25) is 9.59 Å². The van der Waals surface area contributed by atoms with E-state index in [9.17, 15) is 14.4 Å². The summed E-state index contributed by atoms with van der Waals surface area (Å²) in [5.74, 6) is -0.127. The van der Waals surface area contributed by atoms with Gasteiger partial charge in [-0.15, -0.1) is 0 Å². The molecular formula is C21H25N5O4. The van der Waals surface area contributed by atoms with Crippen molar-refractivity contribution in [1.82, 2.24) is 19.5 Å². The van der Waals surface area contributed by atoms with Gasteiger partial charge in [-0.25, -0.2) is 14.8 Å². The molecule has 9 heteroatoms. The van der Waals surface area contributed by atoms with Crippen molar-refractivity contribution in [3.8, 4) is 0 Å². The van der Waals surface area contributed by atoms with Crippen LogP contribution in [0.25, 0.3) is 11.2 Å². The molecule has 1 unspecified atom stereocenters. The zero-order valence-electron chi connectivity index (χ0n) is 17.3. The van der Waals surface area contributed by atoms with Gasteiger partial charge >= 0.3 is 5.97 Å². The fourth-order valence-electron chi connectivity index (χ4n) is 2.99. The fraction of sp³-hybridized carbons (Fsp3) is 0.381. The number of nitrogens with zero attached hydrogens (tertiary/aromatic N) is 3. The Balaban J connectivity index is 1.79. The highest BCUT2D eigenvalue weighted by Crippen LogP contribution is 2.17. The number of fused-ring (bicyclic) bond motifs is 1. The topological polar surface area (TPSA) is 119 Å². The molecule has 0 saturated heterocycles. The number of hydrogen-bond acceptors (Lipinski definition) is 6. The molecule has 0 saturated carbocycles. The molecule has 30 heavy (non-hydrogen) atoms. The number of imidazole rings is 1. The number of carbonyl (C=O) groups is 2. The molecule has 0 aliphatic rings. The lowest BCUT2D eigenvalue weighted by Gasteiger charge is -2.14. The lowest BCUT2D eigenvalue weighted by molar-refractivity contribution is -0.118. The third kappa shape index (κ3) is 4.56. The molecule has 0 spiro atoms. The summed E-state index contributed by atoms with van der Waals surface area (Å²) in [5.41, 5.74) is 1.22. The lowest BCUT2D eigenvalue weighted by Crippen LogP contribution is -2.24. The maximum atomic E-state index is 12.8. The van der Waals surface area contributed by atoms with Gasteiger partial charge in [-0.05, 0) is 44.5 Å². The van der Waals surface area contributed by atoms with E-state index in [1.54, 1.807) is 42.7 Å². The Morgan fingerprint density at radius 3 is 2.63 bits per heavy atom. The molecule has 1 atom stereocenters. The predicted molar refractivity (Wildman–Crippen MR) is 112 cm³/mol. The van der Waals surface area contributed by atoms with Gasteiger partial charge in [0.05, 0.1) is 18.5 Å². The molecule has 0 aliphatic carbocycles. The number of aromatic nitrogens is 4. The van der Waals surface area contributed by atoms with Crippen molar-refractivity contribution >= 4 is 28.7 Å². The first-order valence-corrected chi connectivity index (χ1v) is 9.98. The monoisotopic (exact) mass is 411 g/mol. The number of ether oxygens (including phenoxy) is 1. The highest BCUT2D eigenvalue weighted by Gasteiger charge is 2.20. The van der Waals surface area contributed by atoms with Gasteiger partial charge in [0.25, 0.3) is 5.56 Å². The smallest absolute Gasteiger partial charge is 0.338 e. The Bertz CT molecular complexity index is 1100. The van der Waals surface area contributed by atoms with Crippen LogP contribution in [0, 0.1) is 0 Å². The first-order chi connectivity index (χ1) is 14.4. The summed E-state index contributed by atoms with van der Waals surface area (Å²) >= 11 is 0. The number of hydrogen-bond donors (Lipinski definition) is 2. The van der Waals surface area contributed by atoms with Crippen LogP contribution < -0.4 is 10.9 Å². The van der Waals surface area contributed by atoms with Gasteiger partial charge in [0, 0.05) is 12.1 Å². The highest BCUT2D eigenvalue weighted by molar-refractivity contribution is 5.95. The maximum absolute atomic E-state index is 12.8. The Labute approximate surface area is 173 Å². The van der Waals surface area contributed by atoms with Crippen LogP contribution in [0.5, 0.6) is 0 Å². The molecule has 9 nitrogen and oxygen atoms in total. The zero-order chi connectivity index (χ0) is 21.7. The molecule has 1 amide bonds. The van der Waals surface area contributed by atoms with Crippen molar-refractivity contribution < 1.29 is 14.3 Å². The number of H-pyrrole nitrogens is 1. The minimum atomic E-state index is -0.645. The van der Waals surface area contributed by atoms with Gasteiger partial charge in [-0.2, -0.15) is 0 Å². The fourth-order valence-corrected chi connectivity index (χ4v) is 2.99. The standard InChI is InChI=1S/C21H25N5O4/c1-4-6-7-16-24-18-17(20(28)25-16)22-12-26(18)13(3)19(27)23-15-10-8-14(9-11-15)21(29)30-5-2/h8-13H,4-7H2,1-3H3,(H,23,27)(H,24,25,28). The van der Waals surface area contributed by atoms with Crippen LogP contribution in [0.15, 0.2) is 35.4 Å². The van der Waals surface area contributed by atoms with Crippen LogP contribution in [0.4, 0.5) is 5.69 Å². The third-order valence-corrected chi connectivity index (χ3v) is 4.71. The Morgan fingerprint density at radius 2 is 1.97 bits per heavy atom. The minimum absolute atomic E-state index is 0.202. The van der Waals surface area contributed by atoms with E-state index in [1.165, 1.54) is 6.33 Å². The van der Waals surface area contributed by atoms with Gasteiger partial charge in [0.15, 0.2) is 11.2 Å². The van der Waals surface area contributed by atoms with Crippen LogP contribution >= 0.6 is 0 Å². The van der Waals surface area contributed by atoms with Crippen LogP contribution in [0.2, 0.25) is 0 Å². The summed E-state index contributed by atoms with van der Waals surface area (Å²) in [4.78, 5) is 48.1. The van der Waals surface area contributed by atoms with E-state index in [1.807, 2.05) is 0 Å². The first-order valence-electron chi connectivity index (χ1n) is 9.98. The number of nitrogens with one attached hydrogen (secondary N) is 2. The van der Waals surface area contributed by atoms with Crippen LogP contribution in [-0.2, 0) is 16.0 Å². The number of aromatic amines is 1. The molecular weight excluding hydrogens is 386 g/mol. The minimum Gasteiger partial charge on any atom is -0.462 e. The summed E-state index contributed by atoms with van der Waals surface area (Å²) in [6.07, 6.45) is 3.99. The summed E-state index contributed by atoms with van der Waals surface area (Å²) in [7, 11) is 0. The Hall–Kier alpha value is -3.49. The van der Waals surface area contributed by atoms with E-state index in [4.69, 9.17) is 4.74 Å². The quantitative estimate of drug-likeness (QED) is 0.550. The molecule has 0 bridgehead atoms. The van der Waals surface area contributed by atoms with E-state index in [0.29, 0.717) is 35.8 Å². The Kier molecular flexibility index (Phi) is 6.61. The maximum Gasteiger partial charge on any atom is 0.338 e. The van der Waals surface area contributed by atoms with Crippen molar-refractivity contribution in [1.29, 1.82) is 0 Å². The van der Waals surface area contributed by atoms with E-state index < -0.39 is 12.0 Å². The second kappa shape index (κ2) is 9.34. The molecule has 3 aromatic rings. The van der Waals surface area contributed by atoms with Crippen LogP contribution in [0.1, 0.15) is 55.8 Å². The number of amides is 1. The molecule has 1 aromatic carbocycles. The molecule has 0 aliphatic heterocycles. The summed E-state index contributed by atoms with van der Waals surface area (Å²) in [6.45, 7) is 5.80. The van der Waals surface area contributed by atoms with E-state index in [-0.39, 0.29) is 17.0 Å². The van der Waals surface area contributed by atoms with Crippen molar-refractivity contribution in [2.75, 3.05) is 11.9 Å². The summed E-state index contributed by atoms with van der Waals surface area (Å²) in [5, 5.41) is 2.80. The van der Waals surface area contributed by atoms with Gasteiger partial charge in [0.1, 0.15) is 11.9 Å². The average molecular weight is 411 g/mol. The third-order valence-electron chi connectivity index (χ3n) is 4.71. The van der Waals surface area contributed by atoms with Gasteiger partial charge in [-0.1, -0.05) is 13.3 Å². The number of aryl methyl sites for hydroxylation is 1. The lowest BCUT2D eigenvalue weighted by atomic mass is 10.2. The van der Waals surface area contributed by atoms with E-state index in [2.05, 4.69) is 27.2 Å². The molecule has 158 valence electrons. The first kappa shape index (κ1) is 21.2. The van der Waals surface area contributed by atoms with Crippen LogP contribution in [-0.4, -0.2) is 38.0 Å². The number of anilines is 1. The highest BCUT2D eigenvalue weighted by atomic mass is 16.5. The second-order valence-corrected chi connectivity index (χ2v) is 6.90. The molecule has 2 heterocycles. The molecule has 2 aromatic heterocycles. The number of rotatable bonds is 8. The SMILES string of the molecule is CCCCc1nc2c(ncn2C(C)C(=O)Nc2ccc(C(=O)OCC)cc2)c(=O)[nH]1. The van der Waals surface area contributed by atoms with E-state index in [0.717, 1.165) is 12.8 Å². The number of carbonyl (C=O) groups excluding carboxylic acids is 2. The van der Waals surface area contributed by atoms with E-state index >= 15 is 0 Å². The van der Waals surface area contributed by atoms with Crippen LogP contribution in [0.3, 0.4) is 0 Å². The van der Waals surface area contributed by atoms with Crippen molar-refractivity contribution in [2.45, 2.75) is 46.1 Å². The van der Waals surface area contributed by atoms with Gasteiger partial charge < -0.3 is 19.6 Å².